The van der Waals surface area contributed by atoms with Crippen molar-refractivity contribution in [2.45, 2.75) is 16.6 Å². The zero-order chi connectivity index (χ0) is 20.9. The average Bonchev–Trinajstić information content (AvgIpc) is 3.11. The second kappa shape index (κ2) is 9.47. The van der Waals surface area contributed by atoms with E-state index < -0.39 is 9.84 Å². The molecule has 0 unspecified atom stereocenters. The van der Waals surface area contributed by atoms with Crippen LogP contribution in [0.4, 0.5) is 0 Å². The van der Waals surface area contributed by atoms with Crippen LogP contribution in [0.3, 0.4) is 0 Å². The molecule has 6 nitrogen and oxygen atoms in total. The third-order valence-corrected chi connectivity index (χ3v) is 7.34. The van der Waals surface area contributed by atoms with E-state index in [0.717, 1.165) is 5.56 Å². The fourth-order valence-corrected chi connectivity index (χ4v) is 5.44. The zero-order valence-corrected chi connectivity index (χ0v) is 18.2. The Balaban J connectivity index is 1.78. The van der Waals surface area contributed by atoms with Crippen LogP contribution in [0.25, 0.3) is 11.4 Å². The molecule has 0 amide bonds. The van der Waals surface area contributed by atoms with Crippen molar-refractivity contribution < 1.29 is 13.2 Å². The van der Waals surface area contributed by atoms with Gasteiger partial charge in [-0.25, -0.2) is 8.42 Å². The first kappa shape index (κ1) is 21.4. The minimum Gasteiger partial charge on any atom is -0.496 e. The van der Waals surface area contributed by atoms with Crippen molar-refractivity contribution in [3.8, 4) is 17.1 Å². The van der Waals surface area contributed by atoms with Crippen molar-refractivity contribution in [3.63, 3.8) is 0 Å². The number of halogens is 1. The summed E-state index contributed by atoms with van der Waals surface area (Å²) in [5, 5.41) is 9.67. The number of allylic oxidation sites excluding steroid dienone is 1. The van der Waals surface area contributed by atoms with Crippen molar-refractivity contribution >= 4 is 33.2 Å². The zero-order valence-electron chi connectivity index (χ0n) is 15.8. The predicted molar refractivity (Wildman–Crippen MR) is 116 cm³/mol. The van der Waals surface area contributed by atoms with Gasteiger partial charge in [-0.3, -0.25) is 4.57 Å². The molecule has 2 aromatic carbocycles. The number of aromatic nitrogens is 3. The molecule has 0 atom stereocenters. The van der Waals surface area contributed by atoms with Gasteiger partial charge < -0.3 is 4.74 Å². The number of hydrogen-bond acceptors (Lipinski definition) is 6. The van der Waals surface area contributed by atoms with E-state index in [4.69, 9.17) is 16.3 Å². The van der Waals surface area contributed by atoms with Crippen LogP contribution in [-0.2, 0) is 16.4 Å². The number of rotatable bonds is 9. The number of sulfone groups is 1. The van der Waals surface area contributed by atoms with E-state index in [9.17, 15) is 8.42 Å². The summed E-state index contributed by atoms with van der Waals surface area (Å²) in [5.41, 5.74) is 0.810. The number of nitrogens with zero attached hydrogens (tertiary/aromatic N) is 3. The summed E-state index contributed by atoms with van der Waals surface area (Å²) in [4.78, 5) is 0.254. The average molecular weight is 450 g/mol. The molecule has 0 aliphatic rings. The number of para-hydroxylation sites is 1. The maximum Gasteiger partial charge on any atom is 0.191 e. The topological polar surface area (TPSA) is 74.1 Å². The Morgan fingerprint density at radius 2 is 1.90 bits per heavy atom. The van der Waals surface area contributed by atoms with Gasteiger partial charge in [-0.2, -0.15) is 0 Å². The van der Waals surface area contributed by atoms with Crippen LogP contribution in [-0.4, -0.2) is 41.8 Å². The van der Waals surface area contributed by atoms with Crippen molar-refractivity contribution in [1.82, 2.24) is 14.8 Å². The van der Waals surface area contributed by atoms with Gasteiger partial charge in [-0.05, 0) is 36.4 Å². The SMILES string of the molecule is C=CCn1c(SCCS(=O)(=O)c2ccc(Cl)cc2)nnc1-c1ccccc1OC. The first-order valence-corrected chi connectivity index (χ1v) is 11.8. The van der Waals surface area contributed by atoms with Crippen LogP contribution in [0.5, 0.6) is 5.75 Å². The van der Waals surface area contributed by atoms with E-state index in [2.05, 4.69) is 16.8 Å². The molecule has 152 valence electrons. The fourth-order valence-electron chi connectivity index (χ4n) is 2.72. The Hall–Kier alpha value is -2.29. The van der Waals surface area contributed by atoms with Crippen LogP contribution in [0.1, 0.15) is 0 Å². The van der Waals surface area contributed by atoms with Gasteiger partial charge >= 0.3 is 0 Å². The predicted octanol–water partition coefficient (Wildman–Crippen LogP) is 4.36. The van der Waals surface area contributed by atoms with Crippen LogP contribution in [0.15, 0.2) is 71.2 Å². The molecule has 3 aromatic rings. The molecule has 29 heavy (non-hydrogen) atoms. The van der Waals surface area contributed by atoms with E-state index in [1.807, 2.05) is 28.8 Å². The van der Waals surface area contributed by atoms with Crippen molar-refractivity contribution in [3.05, 3.63) is 66.2 Å². The van der Waals surface area contributed by atoms with Gasteiger partial charge in [0.05, 0.1) is 23.3 Å². The minimum atomic E-state index is -3.41. The molecule has 1 aromatic heterocycles. The maximum absolute atomic E-state index is 12.5. The van der Waals surface area contributed by atoms with Crippen LogP contribution in [0.2, 0.25) is 5.02 Å². The largest absolute Gasteiger partial charge is 0.496 e. The molecule has 0 radical (unpaired) electrons. The summed E-state index contributed by atoms with van der Waals surface area (Å²) in [6, 6.07) is 13.7. The highest BCUT2D eigenvalue weighted by Crippen LogP contribution is 2.31. The third-order valence-electron chi connectivity index (χ3n) is 4.13. The van der Waals surface area contributed by atoms with Gasteiger partial charge in [0.25, 0.3) is 0 Å². The lowest BCUT2D eigenvalue weighted by Gasteiger charge is -2.10. The molecule has 1 heterocycles. The van der Waals surface area contributed by atoms with Gasteiger partial charge in [-0.15, -0.1) is 16.8 Å². The van der Waals surface area contributed by atoms with Crippen LogP contribution in [0, 0.1) is 0 Å². The summed E-state index contributed by atoms with van der Waals surface area (Å²) in [6.07, 6.45) is 1.75. The van der Waals surface area contributed by atoms with Gasteiger partial charge in [0, 0.05) is 17.3 Å². The number of methoxy groups -OCH3 is 1. The van der Waals surface area contributed by atoms with E-state index in [1.54, 1.807) is 25.3 Å². The van der Waals surface area contributed by atoms with Gasteiger partial charge in [0.15, 0.2) is 20.8 Å². The number of ether oxygens (including phenoxy) is 1. The monoisotopic (exact) mass is 449 g/mol. The fraction of sp³-hybridized carbons (Fsp3) is 0.200. The highest BCUT2D eigenvalue weighted by molar-refractivity contribution is 8.00. The quantitative estimate of drug-likeness (QED) is 0.357. The second-order valence-corrected chi connectivity index (χ2v) is 9.63. The molecular formula is C20H20ClN3O3S2. The molecule has 0 saturated carbocycles. The molecule has 0 saturated heterocycles. The smallest absolute Gasteiger partial charge is 0.191 e. The minimum absolute atomic E-state index is 0.0236. The highest BCUT2D eigenvalue weighted by atomic mass is 35.5. The number of thioether (sulfide) groups is 1. The van der Waals surface area contributed by atoms with Crippen LogP contribution >= 0.6 is 23.4 Å². The Kier molecular flexibility index (Phi) is 7.00. The standard InChI is InChI=1S/C20H20ClN3O3S2/c1-3-12-24-19(17-6-4-5-7-18(17)27-2)22-23-20(24)28-13-14-29(25,26)16-10-8-15(21)9-11-16/h3-11H,1,12-14H2,2H3. The normalized spacial score (nSPS) is 11.4. The molecule has 3 rings (SSSR count). The molecule has 9 heteroatoms. The Morgan fingerprint density at radius 1 is 1.17 bits per heavy atom. The lowest BCUT2D eigenvalue weighted by atomic mass is 10.2. The Morgan fingerprint density at radius 3 is 2.59 bits per heavy atom. The van der Waals surface area contributed by atoms with Gasteiger partial charge in [0.1, 0.15) is 5.75 Å². The Bertz CT molecular complexity index is 1100. The molecule has 0 aliphatic heterocycles. The van der Waals surface area contributed by atoms with E-state index in [1.165, 1.54) is 23.9 Å². The lowest BCUT2D eigenvalue weighted by molar-refractivity contribution is 0.416. The molecular weight excluding hydrogens is 430 g/mol. The summed E-state index contributed by atoms with van der Waals surface area (Å²) in [6.45, 7) is 4.29. The lowest BCUT2D eigenvalue weighted by Crippen LogP contribution is -2.09. The molecule has 0 bridgehead atoms. The molecule has 0 N–H and O–H groups in total. The third kappa shape index (κ3) is 5.01. The van der Waals surface area contributed by atoms with Crippen molar-refractivity contribution in [2.24, 2.45) is 0 Å². The number of hydrogen-bond donors (Lipinski definition) is 0. The van der Waals surface area contributed by atoms with E-state index >= 15 is 0 Å². The van der Waals surface area contributed by atoms with Gasteiger partial charge in [-0.1, -0.05) is 41.6 Å². The molecule has 0 fully saturated rings. The van der Waals surface area contributed by atoms with Gasteiger partial charge in [0.2, 0.25) is 0 Å². The summed E-state index contributed by atoms with van der Waals surface area (Å²) < 4.78 is 32.4. The summed E-state index contributed by atoms with van der Waals surface area (Å²) in [7, 11) is -1.80. The van der Waals surface area contributed by atoms with E-state index in [0.29, 0.717) is 34.1 Å². The molecule has 0 aliphatic carbocycles. The summed E-state index contributed by atoms with van der Waals surface area (Å²) in [5.74, 6) is 1.65. The second-order valence-electron chi connectivity index (χ2n) is 6.03. The Labute approximate surface area is 179 Å². The molecule has 0 spiro atoms. The highest BCUT2D eigenvalue weighted by Gasteiger charge is 2.19. The first-order chi connectivity index (χ1) is 14.0. The van der Waals surface area contributed by atoms with Crippen molar-refractivity contribution in [2.75, 3.05) is 18.6 Å². The van der Waals surface area contributed by atoms with Crippen LogP contribution < -0.4 is 4.74 Å². The first-order valence-electron chi connectivity index (χ1n) is 8.75. The van der Waals surface area contributed by atoms with Crippen molar-refractivity contribution in [1.29, 1.82) is 0 Å². The maximum atomic E-state index is 12.5. The summed E-state index contributed by atoms with van der Waals surface area (Å²) >= 11 is 7.17. The number of benzene rings is 2. The van der Waals surface area contributed by atoms with E-state index in [-0.39, 0.29) is 10.6 Å².